The van der Waals surface area contributed by atoms with Gasteiger partial charge in [-0.25, -0.2) is 4.79 Å². The molecule has 6 nitrogen and oxygen atoms in total. The summed E-state index contributed by atoms with van der Waals surface area (Å²) in [6.07, 6.45) is 2.09. The topological polar surface area (TPSA) is 77.4 Å². The summed E-state index contributed by atoms with van der Waals surface area (Å²) < 4.78 is 7.10. The summed E-state index contributed by atoms with van der Waals surface area (Å²) in [6, 6.07) is 19.9. The Morgan fingerprint density at radius 3 is 2.47 bits per heavy atom. The van der Waals surface area contributed by atoms with Crippen molar-refractivity contribution in [2.24, 2.45) is 0 Å². The molecule has 0 radical (unpaired) electrons. The van der Waals surface area contributed by atoms with E-state index in [0.717, 1.165) is 16.7 Å². The number of nitrogens with one attached hydrogen (secondary N) is 1. The van der Waals surface area contributed by atoms with Gasteiger partial charge in [-0.15, -0.1) is 0 Å². The molecule has 0 fully saturated rings. The van der Waals surface area contributed by atoms with Crippen LogP contribution in [0.4, 0.5) is 0 Å². The largest absolute Gasteiger partial charge is 0.445 e. The fraction of sp³-hybridized carbons (Fsp3) is 0.208. The molecule has 1 atom stereocenters. The van der Waals surface area contributed by atoms with Crippen LogP contribution in [0.3, 0.4) is 0 Å². The summed E-state index contributed by atoms with van der Waals surface area (Å²) in [5.41, 5.74) is 1.94. The molecule has 2 heterocycles. The number of ether oxygens (including phenoxy) is 1. The van der Waals surface area contributed by atoms with Gasteiger partial charge in [0.1, 0.15) is 0 Å². The lowest BCUT2D eigenvalue weighted by atomic mass is 9.89. The summed E-state index contributed by atoms with van der Waals surface area (Å²) in [6.45, 7) is 2.44. The van der Waals surface area contributed by atoms with Gasteiger partial charge < -0.3 is 14.6 Å². The molecule has 152 valence electrons. The van der Waals surface area contributed by atoms with Crippen molar-refractivity contribution in [3.8, 4) is 0 Å². The first kappa shape index (κ1) is 19.6. The molecule has 0 spiro atoms. The van der Waals surface area contributed by atoms with Gasteiger partial charge in [0, 0.05) is 25.2 Å². The van der Waals surface area contributed by atoms with Crippen molar-refractivity contribution < 1.29 is 14.3 Å². The summed E-state index contributed by atoms with van der Waals surface area (Å²) in [5, 5.41) is 2.87. The molecule has 3 aromatic rings. The highest BCUT2D eigenvalue weighted by molar-refractivity contribution is 5.97. The average molecular weight is 402 g/mol. The van der Waals surface area contributed by atoms with Crippen LogP contribution in [-0.2, 0) is 29.0 Å². The van der Waals surface area contributed by atoms with E-state index in [1.54, 1.807) is 35.9 Å². The van der Waals surface area contributed by atoms with Crippen LogP contribution in [0.5, 0.6) is 0 Å². The number of cyclic esters (lactones) is 1. The van der Waals surface area contributed by atoms with Crippen molar-refractivity contribution in [1.29, 1.82) is 0 Å². The lowest BCUT2D eigenvalue weighted by Gasteiger charge is -2.33. The molecule has 0 saturated carbocycles. The molecule has 30 heavy (non-hydrogen) atoms. The fourth-order valence-electron chi connectivity index (χ4n) is 3.58. The van der Waals surface area contributed by atoms with Crippen LogP contribution in [0, 0.1) is 0 Å². The molecule has 2 aromatic carbocycles. The first-order valence-electron chi connectivity index (χ1n) is 9.77. The van der Waals surface area contributed by atoms with Crippen LogP contribution < -0.4 is 10.9 Å². The number of amides is 1. The summed E-state index contributed by atoms with van der Waals surface area (Å²) in [7, 11) is 0. The molecule has 1 aromatic heterocycles. The molecular formula is C24H22N2O4. The minimum Gasteiger partial charge on any atom is -0.445 e. The predicted octanol–water partition coefficient (Wildman–Crippen LogP) is 2.68. The Morgan fingerprint density at radius 2 is 1.70 bits per heavy atom. The number of benzene rings is 2. The Morgan fingerprint density at radius 1 is 1.00 bits per heavy atom. The van der Waals surface area contributed by atoms with Gasteiger partial charge in [-0.05, 0) is 35.7 Å². The van der Waals surface area contributed by atoms with Gasteiger partial charge in [0.2, 0.25) is 0 Å². The lowest BCUT2D eigenvalue weighted by Crippen LogP contribution is -2.51. The molecule has 0 bridgehead atoms. The van der Waals surface area contributed by atoms with Gasteiger partial charge in [0.05, 0.1) is 12.1 Å². The maximum atomic E-state index is 12.8. The zero-order valence-electron chi connectivity index (χ0n) is 16.6. The van der Waals surface area contributed by atoms with Crippen LogP contribution in [-0.4, -0.2) is 22.0 Å². The van der Waals surface area contributed by atoms with Crippen molar-refractivity contribution in [2.75, 3.05) is 0 Å². The Balaban J connectivity index is 1.39. The second-order valence-electron chi connectivity index (χ2n) is 7.62. The predicted molar refractivity (Wildman–Crippen MR) is 112 cm³/mol. The number of carbonyl (C=O) groups excluding carboxylic acids is 2. The Bertz CT molecular complexity index is 1150. The fourth-order valence-corrected chi connectivity index (χ4v) is 3.58. The van der Waals surface area contributed by atoms with Gasteiger partial charge in [0.15, 0.2) is 5.60 Å². The number of esters is 1. The minimum atomic E-state index is -1.24. The number of aromatic nitrogens is 1. The molecule has 0 saturated heterocycles. The maximum absolute atomic E-state index is 12.8. The quantitative estimate of drug-likeness (QED) is 0.666. The molecule has 1 amide bonds. The minimum absolute atomic E-state index is 0.0503. The van der Waals surface area contributed by atoms with Crippen LogP contribution >= 0.6 is 0 Å². The number of rotatable bonds is 5. The molecule has 4 rings (SSSR count). The van der Waals surface area contributed by atoms with Crippen molar-refractivity contribution in [3.63, 3.8) is 0 Å². The van der Waals surface area contributed by atoms with E-state index in [2.05, 4.69) is 5.32 Å². The highest BCUT2D eigenvalue weighted by Crippen LogP contribution is 2.28. The van der Waals surface area contributed by atoms with Crippen molar-refractivity contribution in [1.82, 2.24) is 9.88 Å². The van der Waals surface area contributed by atoms with E-state index in [-0.39, 0.29) is 11.5 Å². The standard InChI is InChI=1S/C24H22N2O4/c1-24(14-19-6-2-3-7-20(19)22(28)30-24)23(29)25-15-17-9-11-18(12-10-17)16-26-13-5-4-8-21(26)27/h2-13H,14-16H2,1H3,(H,25,29). The third kappa shape index (κ3) is 4.03. The van der Waals surface area contributed by atoms with Crippen LogP contribution in [0.1, 0.15) is 34.0 Å². The van der Waals surface area contributed by atoms with E-state index < -0.39 is 11.6 Å². The van der Waals surface area contributed by atoms with Gasteiger partial charge >= 0.3 is 5.97 Å². The Kier molecular flexibility index (Phi) is 5.23. The van der Waals surface area contributed by atoms with E-state index in [0.29, 0.717) is 25.1 Å². The summed E-state index contributed by atoms with van der Waals surface area (Å²) in [5.74, 6) is -0.805. The van der Waals surface area contributed by atoms with E-state index in [1.807, 2.05) is 42.5 Å². The smallest absolute Gasteiger partial charge is 0.339 e. The maximum Gasteiger partial charge on any atom is 0.339 e. The molecule has 6 heteroatoms. The van der Waals surface area contributed by atoms with E-state index >= 15 is 0 Å². The molecule has 1 N–H and O–H groups in total. The average Bonchev–Trinajstić information content (AvgIpc) is 2.74. The molecule has 1 aliphatic rings. The zero-order valence-corrected chi connectivity index (χ0v) is 16.6. The highest BCUT2D eigenvalue weighted by Gasteiger charge is 2.42. The third-order valence-electron chi connectivity index (χ3n) is 5.29. The number of hydrogen-bond donors (Lipinski definition) is 1. The third-order valence-corrected chi connectivity index (χ3v) is 5.29. The first-order chi connectivity index (χ1) is 14.4. The Hall–Kier alpha value is -3.67. The summed E-state index contributed by atoms with van der Waals surface area (Å²) in [4.78, 5) is 36.9. The second-order valence-corrected chi connectivity index (χ2v) is 7.62. The molecule has 1 aliphatic heterocycles. The SMILES string of the molecule is CC1(C(=O)NCc2ccc(Cn3ccccc3=O)cc2)Cc2ccccc2C(=O)O1. The first-order valence-corrected chi connectivity index (χ1v) is 9.77. The normalized spacial score (nSPS) is 17.7. The monoisotopic (exact) mass is 402 g/mol. The number of carbonyl (C=O) groups is 2. The van der Waals surface area contributed by atoms with Crippen molar-refractivity contribution >= 4 is 11.9 Å². The summed E-state index contributed by atoms with van der Waals surface area (Å²) >= 11 is 0. The van der Waals surface area contributed by atoms with Crippen LogP contribution in [0.2, 0.25) is 0 Å². The number of nitrogens with zero attached hydrogens (tertiary/aromatic N) is 1. The molecule has 1 unspecified atom stereocenters. The zero-order chi connectivity index (χ0) is 21.1. The van der Waals surface area contributed by atoms with Crippen molar-refractivity contribution in [2.45, 2.75) is 32.0 Å². The van der Waals surface area contributed by atoms with E-state index in [1.165, 1.54) is 6.07 Å². The van der Waals surface area contributed by atoms with E-state index in [9.17, 15) is 14.4 Å². The van der Waals surface area contributed by atoms with Crippen molar-refractivity contribution in [3.05, 3.63) is 106 Å². The number of fused-ring (bicyclic) bond motifs is 1. The van der Waals surface area contributed by atoms with E-state index in [4.69, 9.17) is 4.74 Å². The van der Waals surface area contributed by atoms with Gasteiger partial charge in [-0.1, -0.05) is 48.5 Å². The second kappa shape index (κ2) is 7.99. The molecule has 0 aliphatic carbocycles. The lowest BCUT2D eigenvalue weighted by molar-refractivity contribution is -0.139. The van der Waals surface area contributed by atoms with Gasteiger partial charge in [-0.3, -0.25) is 9.59 Å². The van der Waals surface area contributed by atoms with Gasteiger partial charge in [0.25, 0.3) is 11.5 Å². The molecular weight excluding hydrogens is 380 g/mol. The van der Waals surface area contributed by atoms with Crippen LogP contribution in [0.15, 0.2) is 77.7 Å². The van der Waals surface area contributed by atoms with Crippen LogP contribution in [0.25, 0.3) is 0 Å². The highest BCUT2D eigenvalue weighted by atomic mass is 16.6. The van der Waals surface area contributed by atoms with Gasteiger partial charge in [-0.2, -0.15) is 0 Å². The Labute approximate surface area is 174 Å². The number of pyridine rings is 1. The number of hydrogen-bond acceptors (Lipinski definition) is 4.